The zero-order chi connectivity index (χ0) is 6.97. The Kier molecular flexibility index (Phi) is 0.917. The lowest BCUT2D eigenvalue weighted by Gasteiger charge is -1.88. The van der Waals surface area contributed by atoms with Gasteiger partial charge in [0.05, 0.1) is 5.69 Å². The largest absolute Gasteiger partial charge is 0.397 e. The van der Waals surface area contributed by atoms with Gasteiger partial charge in [-0.15, -0.1) is 0 Å². The van der Waals surface area contributed by atoms with Crippen LogP contribution in [-0.4, -0.2) is 5.16 Å². The molecule has 2 N–H and O–H groups in total. The van der Waals surface area contributed by atoms with E-state index in [-0.39, 0.29) is 0 Å². The quantitative estimate of drug-likeness (QED) is 0.554. The van der Waals surface area contributed by atoms with Crippen molar-refractivity contribution in [3.05, 3.63) is 24.5 Å². The summed E-state index contributed by atoms with van der Waals surface area (Å²) in [5.74, 6) is 0. The first-order valence-electron chi connectivity index (χ1n) is 2.96. The molecule has 0 aliphatic heterocycles. The van der Waals surface area contributed by atoms with E-state index in [9.17, 15) is 0 Å². The van der Waals surface area contributed by atoms with Crippen LogP contribution in [0.1, 0.15) is 0 Å². The average Bonchev–Trinajstić information content (AvgIpc) is 2.36. The predicted molar refractivity (Wildman–Crippen MR) is 38.4 cm³/mol. The zero-order valence-corrected chi connectivity index (χ0v) is 5.24. The Morgan fingerprint density at radius 2 is 2.30 bits per heavy atom. The molecule has 2 rings (SSSR count). The Hall–Kier alpha value is -1.51. The molecule has 0 fully saturated rings. The van der Waals surface area contributed by atoms with Crippen LogP contribution in [0.2, 0.25) is 0 Å². The van der Waals surface area contributed by atoms with Gasteiger partial charge < -0.3 is 10.3 Å². The Balaban J connectivity index is 2.95. The van der Waals surface area contributed by atoms with Crippen molar-refractivity contribution in [3.63, 3.8) is 0 Å². The molecule has 0 aliphatic rings. The van der Waals surface area contributed by atoms with Gasteiger partial charge in [-0.25, -0.2) is 0 Å². The number of nitrogen functional groups attached to an aromatic ring is 1. The number of nitrogens with two attached hydrogens (primary N) is 1. The molecule has 0 bridgehead atoms. The van der Waals surface area contributed by atoms with Gasteiger partial charge in [-0.3, -0.25) is 0 Å². The third-order valence-electron chi connectivity index (χ3n) is 1.42. The first-order chi connectivity index (χ1) is 4.88. The summed E-state index contributed by atoms with van der Waals surface area (Å²) in [6.07, 6.45) is 1.58. The van der Waals surface area contributed by atoms with Crippen LogP contribution in [0.3, 0.4) is 0 Å². The van der Waals surface area contributed by atoms with Crippen LogP contribution in [-0.2, 0) is 0 Å². The fourth-order valence-corrected chi connectivity index (χ4v) is 0.916. The smallest absolute Gasteiger partial charge is 0.136 e. The number of aromatic nitrogens is 1. The summed E-state index contributed by atoms with van der Waals surface area (Å²) in [6, 6.07) is 5.57. The van der Waals surface area contributed by atoms with E-state index in [1.807, 2.05) is 12.1 Å². The number of fused-ring (bicyclic) bond motifs is 1. The predicted octanol–water partition coefficient (Wildman–Crippen LogP) is 1.41. The van der Waals surface area contributed by atoms with Crippen molar-refractivity contribution in [1.29, 1.82) is 0 Å². The maximum absolute atomic E-state index is 5.58. The van der Waals surface area contributed by atoms with Crippen molar-refractivity contribution in [3.8, 4) is 0 Å². The lowest BCUT2D eigenvalue weighted by molar-refractivity contribution is 0.428. The highest BCUT2D eigenvalue weighted by Gasteiger charge is 1.98. The SMILES string of the molecule is Nc1cccc2conc12. The molecule has 1 aromatic carbocycles. The van der Waals surface area contributed by atoms with Gasteiger partial charge in [0.1, 0.15) is 11.8 Å². The van der Waals surface area contributed by atoms with E-state index in [0.717, 1.165) is 10.9 Å². The first-order valence-corrected chi connectivity index (χ1v) is 2.96. The second-order valence-corrected chi connectivity index (χ2v) is 2.10. The van der Waals surface area contributed by atoms with Crippen LogP contribution in [0.5, 0.6) is 0 Å². The molecular weight excluding hydrogens is 128 g/mol. The number of anilines is 1. The molecule has 1 heterocycles. The third kappa shape index (κ3) is 0.572. The van der Waals surface area contributed by atoms with Crippen molar-refractivity contribution in [2.45, 2.75) is 0 Å². The number of benzene rings is 1. The van der Waals surface area contributed by atoms with Crippen LogP contribution in [0.15, 0.2) is 29.0 Å². The summed E-state index contributed by atoms with van der Waals surface area (Å²) < 4.78 is 4.72. The van der Waals surface area contributed by atoms with E-state index in [1.165, 1.54) is 0 Å². The topological polar surface area (TPSA) is 52.0 Å². The molecule has 0 unspecified atom stereocenters. The summed E-state index contributed by atoms with van der Waals surface area (Å²) in [4.78, 5) is 0. The maximum atomic E-state index is 5.58. The van der Waals surface area contributed by atoms with E-state index < -0.39 is 0 Å². The molecule has 0 amide bonds. The standard InChI is InChI=1S/C7H6N2O/c8-6-3-1-2-5-4-10-9-7(5)6/h1-4H,8H2. The van der Waals surface area contributed by atoms with Crippen LogP contribution in [0.25, 0.3) is 10.9 Å². The molecule has 0 saturated heterocycles. The highest BCUT2D eigenvalue weighted by molar-refractivity contribution is 5.87. The number of rotatable bonds is 0. The van der Waals surface area contributed by atoms with E-state index in [2.05, 4.69) is 5.16 Å². The summed E-state index contributed by atoms with van der Waals surface area (Å²) in [6.45, 7) is 0. The van der Waals surface area contributed by atoms with Gasteiger partial charge in [-0.1, -0.05) is 11.2 Å². The highest BCUT2D eigenvalue weighted by Crippen LogP contribution is 2.17. The van der Waals surface area contributed by atoms with Crippen molar-refractivity contribution in [1.82, 2.24) is 5.16 Å². The van der Waals surface area contributed by atoms with Crippen LogP contribution in [0.4, 0.5) is 5.69 Å². The Labute approximate surface area is 57.4 Å². The highest BCUT2D eigenvalue weighted by atomic mass is 16.5. The Morgan fingerprint density at radius 1 is 1.40 bits per heavy atom. The van der Waals surface area contributed by atoms with Gasteiger partial charge in [-0.05, 0) is 12.1 Å². The molecule has 2 aromatic rings. The summed E-state index contributed by atoms with van der Waals surface area (Å²) in [5.41, 5.74) is 6.98. The number of nitrogens with zero attached hydrogens (tertiary/aromatic N) is 1. The fourth-order valence-electron chi connectivity index (χ4n) is 0.916. The van der Waals surface area contributed by atoms with Crippen molar-refractivity contribution in [2.24, 2.45) is 0 Å². The average molecular weight is 134 g/mol. The summed E-state index contributed by atoms with van der Waals surface area (Å²) >= 11 is 0. The van der Waals surface area contributed by atoms with Crippen LogP contribution < -0.4 is 5.73 Å². The van der Waals surface area contributed by atoms with E-state index >= 15 is 0 Å². The second kappa shape index (κ2) is 1.73. The van der Waals surface area contributed by atoms with Crippen LogP contribution >= 0.6 is 0 Å². The molecule has 1 aromatic heterocycles. The first kappa shape index (κ1) is 5.29. The number of hydrogen-bond donors (Lipinski definition) is 1. The monoisotopic (exact) mass is 134 g/mol. The molecule has 3 heteroatoms. The maximum Gasteiger partial charge on any atom is 0.136 e. The minimum atomic E-state index is 0.659. The second-order valence-electron chi connectivity index (χ2n) is 2.10. The molecule has 0 spiro atoms. The molecule has 0 saturated carbocycles. The molecule has 0 radical (unpaired) electrons. The van der Waals surface area contributed by atoms with Gasteiger partial charge in [0.15, 0.2) is 0 Å². The minimum absolute atomic E-state index is 0.659. The van der Waals surface area contributed by atoms with Crippen molar-refractivity contribution < 1.29 is 4.52 Å². The van der Waals surface area contributed by atoms with E-state index in [0.29, 0.717) is 5.69 Å². The van der Waals surface area contributed by atoms with E-state index in [4.69, 9.17) is 10.3 Å². The normalized spacial score (nSPS) is 10.4. The van der Waals surface area contributed by atoms with Crippen LogP contribution in [0, 0.1) is 0 Å². The molecule has 0 aliphatic carbocycles. The zero-order valence-electron chi connectivity index (χ0n) is 5.24. The molecular formula is C7H6N2O. The third-order valence-corrected chi connectivity index (χ3v) is 1.42. The number of hydrogen-bond acceptors (Lipinski definition) is 3. The molecule has 10 heavy (non-hydrogen) atoms. The summed E-state index contributed by atoms with van der Waals surface area (Å²) in [7, 11) is 0. The van der Waals surface area contributed by atoms with Crippen molar-refractivity contribution >= 4 is 16.6 Å². The fraction of sp³-hybridized carbons (Fsp3) is 0. The van der Waals surface area contributed by atoms with Gasteiger partial charge in [0.2, 0.25) is 0 Å². The molecule has 3 nitrogen and oxygen atoms in total. The lowest BCUT2D eigenvalue weighted by Crippen LogP contribution is -1.84. The Morgan fingerprint density at radius 3 is 3.10 bits per heavy atom. The van der Waals surface area contributed by atoms with Gasteiger partial charge in [0.25, 0.3) is 0 Å². The Bertz CT molecular complexity index is 353. The summed E-state index contributed by atoms with van der Waals surface area (Å²) in [5, 5.41) is 4.66. The van der Waals surface area contributed by atoms with Gasteiger partial charge in [-0.2, -0.15) is 0 Å². The van der Waals surface area contributed by atoms with E-state index in [1.54, 1.807) is 12.3 Å². The molecule has 0 atom stereocenters. The van der Waals surface area contributed by atoms with Gasteiger partial charge >= 0.3 is 0 Å². The lowest BCUT2D eigenvalue weighted by atomic mass is 10.2. The van der Waals surface area contributed by atoms with Crippen molar-refractivity contribution in [2.75, 3.05) is 5.73 Å². The minimum Gasteiger partial charge on any atom is -0.397 e. The van der Waals surface area contributed by atoms with Gasteiger partial charge in [0, 0.05) is 5.39 Å². The molecule has 50 valence electrons.